The zero-order valence-electron chi connectivity index (χ0n) is 12.1. The number of piperazine rings is 1. The van der Waals surface area contributed by atoms with Crippen LogP contribution in [-0.4, -0.2) is 55.2 Å². The molecule has 2 atom stereocenters. The van der Waals surface area contributed by atoms with E-state index in [0.717, 1.165) is 18.7 Å². The maximum atomic E-state index is 11.9. The van der Waals surface area contributed by atoms with Gasteiger partial charge in [-0.3, -0.25) is 9.69 Å². The van der Waals surface area contributed by atoms with E-state index in [9.17, 15) is 9.90 Å². The zero-order chi connectivity index (χ0) is 14.6. The molecule has 1 saturated heterocycles. The molecule has 20 heavy (non-hydrogen) atoms. The molecule has 2 unspecified atom stereocenters. The number of hydrogen-bond acceptors (Lipinski definition) is 4. The Balaban J connectivity index is 2.12. The Morgan fingerprint density at radius 3 is 2.85 bits per heavy atom. The molecule has 0 bridgehead atoms. The smallest absolute Gasteiger partial charge is 0.238 e. The summed E-state index contributed by atoms with van der Waals surface area (Å²) in [4.78, 5) is 14.0. The first-order valence-corrected chi connectivity index (χ1v) is 6.99. The van der Waals surface area contributed by atoms with Crippen LogP contribution in [0.2, 0.25) is 0 Å². The molecule has 1 fully saturated rings. The van der Waals surface area contributed by atoms with Crippen molar-refractivity contribution in [2.45, 2.75) is 18.6 Å². The fourth-order valence-corrected chi connectivity index (χ4v) is 2.64. The fraction of sp³-hybridized carbons (Fsp3) is 0.533. The van der Waals surface area contributed by atoms with E-state index in [0.29, 0.717) is 13.1 Å². The minimum Gasteiger partial charge on any atom is -0.384 e. The van der Waals surface area contributed by atoms with Gasteiger partial charge in [-0.15, -0.1) is 0 Å². The van der Waals surface area contributed by atoms with Crippen LogP contribution < -0.4 is 10.6 Å². The van der Waals surface area contributed by atoms with Gasteiger partial charge in [-0.25, -0.2) is 0 Å². The number of hydrogen-bond donors (Lipinski definition) is 3. The maximum absolute atomic E-state index is 11.9. The summed E-state index contributed by atoms with van der Waals surface area (Å²) in [5.74, 6) is -0.0129. The summed E-state index contributed by atoms with van der Waals surface area (Å²) in [5, 5.41) is 16.6. The second-order valence-corrected chi connectivity index (χ2v) is 5.44. The molecule has 5 heteroatoms. The highest BCUT2D eigenvalue weighted by molar-refractivity contribution is 5.81. The number of amides is 1. The van der Waals surface area contributed by atoms with Gasteiger partial charge in [-0.1, -0.05) is 30.3 Å². The molecule has 0 aromatic heterocycles. The molecule has 1 aliphatic rings. The quantitative estimate of drug-likeness (QED) is 0.720. The molecule has 5 nitrogen and oxygen atoms in total. The van der Waals surface area contributed by atoms with Gasteiger partial charge < -0.3 is 15.7 Å². The van der Waals surface area contributed by atoms with E-state index < -0.39 is 5.60 Å². The van der Waals surface area contributed by atoms with E-state index in [2.05, 4.69) is 10.6 Å². The van der Waals surface area contributed by atoms with Crippen molar-refractivity contribution in [1.29, 1.82) is 0 Å². The van der Waals surface area contributed by atoms with E-state index in [4.69, 9.17) is 0 Å². The molecular weight excluding hydrogens is 254 g/mol. The Labute approximate surface area is 120 Å². The Hall–Kier alpha value is -1.43. The van der Waals surface area contributed by atoms with Crippen molar-refractivity contribution in [2.24, 2.45) is 0 Å². The van der Waals surface area contributed by atoms with Gasteiger partial charge in [0.05, 0.1) is 5.60 Å². The predicted octanol–water partition coefficient (Wildman–Crippen LogP) is -0.0861. The number of β-amino-alcohol motifs (C(OH)–C–C–N with tert-alkyl or cyclic N) is 1. The van der Waals surface area contributed by atoms with Crippen LogP contribution in [-0.2, 0) is 10.4 Å². The highest BCUT2D eigenvalue weighted by atomic mass is 16.3. The van der Waals surface area contributed by atoms with E-state index >= 15 is 0 Å². The Kier molecular flexibility index (Phi) is 4.75. The minimum atomic E-state index is -0.967. The van der Waals surface area contributed by atoms with Crippen molar-refractivity contribution in [1.82, 2.24) is 15.5 Å². The molecule has 1 heterocycles. The lowest BCUT2D eigenvalue weighted by Crippen LogP contribution is -2.59. The topological polar surface area (TPSA) is 64.6 Å². The van der Waals surface area contributed by atoms with E-state index in [1.165, 1.54) is 0 Å². The molecule has 0 aliphatic carbocycles. The van der Waals surface area contributed by atoms with Crippen molar-refractivity contribution >= 4 is 5.91 Å². The maximum Gasteiger partial charge on any atom is 0.238 e. The van der Waals surface area contributed by atoms with Gasteiger partial charge in [0.15, 0.2) is 0 Å². The van der Waals surface area contributed by atoms with Crippen LogP contribution in [0.3, 0.4) is 0 Å². The van der Waals surface area contributed by atoms with Crippen LogP contribution in [0.1, 0.15) is 12.5 Å². The third-order valence-corrected chi connectivity index (χ3v) is 3.81. The lowest BCUT2D eigenvalue weighted by atomic mass is 9.94. The van der Waals surface area contributed by atoms with Gasteiger partial charge in [0.1, 0.15) is 6.04 Å². The first-order valence-electron chi connectivity index (χ1n) is 6.99. The summed E-state index contributed by atoms with van der Waals surface area (Å²) < 4.78 is 0. The van der Waals surface area contributed by atoms with Crippen molar-refractivity contribution in [3.63, 3.8) is 0 Å². The third kappa shape index (κ3) is 3.36. The first-order chi connectivity index (χ1) is 9.54. The van der Waals surface area contributed by atoms with E-state index in [1.807, 2.05) is 35.2 Å². The number of carbonyl (C=O) groups excluding carboxylic acids is 1. The van der Waals surface area contributed by atoms with Gasteiger partial charge >= 0.3 is 0 Å². The molecule has 2 rings (SSSR count). The summed E-state index contributed by atoms with van der Waals surface area (Å²) in [6, 6.07) is 9.35. The molecule has 1 aromatic rings. The van der Waals surface area contributed by atoms with Crippen LogP contribution in [0, 0.1) is 0 Å². The number of carbonyl (C=O) groups is 1. The summed E-state index contributed by atoms with van der Waals surface area (Å²) in [7, 11) is 1.64. The molecule has 1 aliphatic heterocycles. The van der Waals surface area contributed by atoms with Gasteiger partial charge in [0.25, 0.3) is 0 Å². The third-order valence-electron chi connectivity index (χ3n) is 3.81. The molecule has 0 spiro atoms. The summed E-state index contributed by atoms with van der Waals surface area (Å²) in [5.41, 5.74) is -0.0978. The van der Waals surface area contributed by atoms with Crippen LogP contribution in [0.15, 0.2) is 30.3 Å². The van der Waals surface area contributed by atoms with Crippen LogP contribution in [0.4, 0.5) is 0 Å². The molecule has 0 saturated carbocycles. The second kappa shape index (κ2) is 6.35. The number of benzene rings is 1. The lowest BCUT2D eigenvalue weighted by Gasteiger charge is -2.39. The van der Waals surface area contributed by atoms with Crippen LogP contribution >= 0.6 is 0 Å². The molecular formula is C15H23N3O2. The molecule has 0 radical (unpaired) electrons. The number of nitrogens with one attached hydrogen (secondary N) is 2. The number of aliphatic hydroxyl groups is 1. The van der Waals surface area contributed by atoms with E-state index in [1.54, 1.807) is 14.0 Å². The Bertz CT molecular complexity index is 448. The van der Waals surface area contributed by atoms with E-state index in [-0.39, 0.29) is 11.9 Å². The lowest BCUT2D eigenvalue weighted by molar-refractivity contribution is -0.128. The average Bonchev–Trinajstić information content (AvgIpc) is 2.47. The normalized spacial score (nSPS) is 23.1. The second-order valence-electron chi connectivity index (χ2n) is 5.44. The number of rotatable bonds is 4. The Morgan fingerprint density at radius 1 is 1.50 bits per heavy atom. The zero-order valence-corrected chi connectivity index (χ0v) is 12.1. The SMILES string of the molecule is CNC(=O)C1CNCCN1CC(C)(O)c1ccccc1. The van der Waals surface area contributed by atoms with Crippen molar-refractivity contribution < 1.29 is 9.90 Å². The van der Waals surface area contributed by atoms with Crippen molar-refractivity contribution in [3.8, 4) is 0 Å². The summed E-state index contributed by atoms with van der Waals surface area (Å²) in [6.45, 7) is 4.44. The molecule has 1 aromatic carbocycles. The van der Waals surface area contributed by atoms with Crippen LogP contribution in [0.25, 0.3) is 0 Å². The first kappa shape index (κ1) is 15.0. The van der Waals surface area contributed by atoms with Gasteiger partial charge in [-0.05, 0) is 12.5 Å². The standard InChI is InChI=1S/C15H23N3O2/c1-15(20,12-6-4-3-5-7-12)11-18-9-8-17-10-13(18)14(19)16-2/h3-7,13,17,20H,8-11H2,1-2H3,(H,16,19). The molecule has 1 amide bonds. The van der Waals surface area contributed by atoms with Gasteiger partial charge in [0, 0.05) is 33.2 Å². The van der Waals surface area contributed by atoms with Crippen LogP contribution in [0.5, 0.6) is 0 Å². The largest absolute Gasteiger partial charge is 0.384 e. The number of likely N-dealkylation sites (N-methyl/N-ethyl adjacent to an activating group) is 1. The predicted molar refractivity (Wildman–Crippen MR) is 78.3 cm³/mol. The van der Waals surface area contributed by atoms with Crippen molar-refractivity contribution in [3.05, 3.63) is 35.9 Å². The fourth-order valence-electron chi connectivity index (χ4n) is 2.64. The monoisotopic (exact) mass is 277 g/mol. The molecule has 3 N–H and O–H groups in total. The minimum absolute atomic E-state index is 0.0129. The highest BCUT2D eigenvalue weighted by Gasteiger charge is 2.34. The Morgan fingerprint density at radius 2 is 2.20 bits per heavy atom. The highest BCUT2D eigenvalue weighted by Crippen LogP contribution is 2.23. The van der Waals surface area contributed by atoms with Gasteiger partial charge in [-0.2, -0.15) is 0 Å². The van der Waals surface area contributed by atoms with Gasteiger partial charge in [0.2, 0.25) is 5.91 Å². The summed E-state index contributed by atoms with van der Waals surface area (Å²) >= 11 is 0. The van der Waals surface area contributed by atoms with Crippen molar-refractivity contribution in [2.75, 3.05) is 33.2 Å². The summed E-state index contributed by atoms with van der Waals surface area (Å²) in [6.07, 6.45) is 0. The average molecular weight is 277 g/mol. The number of nitrogens with zero attached hydrogens (tertiary/aromatic N) is 1. The molecule has 110 valence electrons.